The van der Waals surface area contributed by atoms with Crippen molar-refractivity contribution >= 4 is 17.4 Å². The van der Waals surface area contributed by atoms with Crippen molar-refractivity contribution in [3.8, 4) is 11.8 Å². The molecule has 0 bridgehead atoms. The number of anilines is 1. The molecular formula is C19H19NOS. The molecule has 2 unspecified atom stereocenters. The number of para-hydroxylation sites is 1. The number of aliphatic hydroxyl groups excluding tert-OH is 1. The van der Waals surface area contributed by atoms with Crippen LogP contribution in [0.15, 0.2) is 59.5 Å². The van der Waals surface area contributed by atoms with E-state index in [0.29, 0.717) is 6.42 Å². The van der Waals surface area contributed by atoms with Gasteiger partial charge < -0.3 is 10.0 Å². The molecule has 0 fully saturated rings. The van der Waals surface area contributed by atoms with Gasteiger partial charge in [0.15, 0.2) is 4.87 Å². The molecule has 1 aliphatic rings. The van der Waals surface area contributed by atoms with Crippen molar-refractivity contribution in [3.63, 3.8) is 0 Å². The average Bonchev–Trinajstić information content (AvgIpc) is 2.87. The summed E-state index contributed by atoms with van der Waals surface area (Å²) >= 11 is 1.65. The molecule has 0 amide bonds. The second-order valence-corrected chi connectivity index (χ2v) is 6.63. The standard InChI is InChI=1S/C19H19NOS/c1-3-18(21)19(14-13-15-9-5-4-6-10-15)20(2)16-11-7-8-12-17(16)22-19/h4-12,18,21H,3H2,1-2H3. The molecule has 0 saturated carbocycles. The third kappa shape index (κ3) is 2.49. The summed E-state index contributed by atoms with van der Waals surface area (Å²) in [5.74, 6) is 6.58. The highest BCUT2D eigenvalue weighted by molar-refractivity contribution is 8.01. The summed E-state index contributed by atoms with van der Waals surface area (Å²) in [6.45, 7) is 1.99. The quantitative estimate of drug-likeness (QED) is 0.855. The lowest BCUT2D eigenvalue weighted by Crippen LogP contribution is -2.49. The number of likely N-dealkylation sites (N-methyl/N-ethyl adjacent to an activating group) is 1. The number of aliphatic hydroxyl groups is 1. The molecule has 2 atom stereocenters. The zero-order valence-corrected chi connectivity index (χ0v) is 13.6. The van der Waals surface area contributed by atoms with E-state index in [0.717, 1.165) is 11.3 Å². The number of hydrogen-bond acceptors (Lipinski definition) is 3. The molecule has 0 aliphatic carbocycles. The summed E-state index contributed by atoms with van der Waals surface area (Å²) in [5.41, 5.74) is 2.09. The van der Waals surface area contributed by atoms with Gasteiger partial charge in [0, 0.05) is 17.5 Å². The van der Waals surface area contributed by atoms with Gasteiger partial charge in [0.05, 0.1) is 11.8 Å². The monoisotopic (exact) mass is 309 g/mol. The van der Waals surface area contributed by atoms with Gasteiger partial charge in [-0.15, -0.1) is 0 Å². The van der Waals surface area contributed by atoms with Crippen molar-refractivity contribution in [2.45, 2.75) is 29.2 Å². The highest BCUT2D eigenvalue weighted by atomic mass is 32.2. The minimum Gasteiger partial charge on any atom is -0.389 e. The second kappa shape index (κ2) is 6.08. The van der Waals surface area contributed by atoms with Crippen LogP contribution in [-0.2, 0) is 0 Å². The Morgan fingerprint density at radius 2 is 1.82 bits per heavy atom. The number of hydrogen-bond donors (Lipinski definition) is 1. The Morgan fingerprint density at radius 3 is 2.50 bits per heavy atom. The summed E-state index contributed by atoms with van der Waals surface area (Å²) in [7, 11) is 2.01. The Hall–Kier alpha value is -1.89. The van der Waals surface area contributed by atoms with Crippen molar-refractivity contribution in [2.24, 2.45) is 0 Å². The Labute approximate surface area is 136 Å². The van der Waals surface area contributed by atoms with Gasteiger partial charge in [-0.3, -0.25) is 0 Å². The number of rotatable bonds is 2. The maximum absolute atomic E-state index is 10.7. The van der Waals surface area contributed by atoms with Crippen LogP contribution < -0.4 is 4.90 Å². The Bertz CT molecular complexity index is 719. The van der Waals surface area contributed by atoms with E-state index in [1.54, 1.807) is 11.8 Å². The van der Waals surface area contributed by atoms with Crippen molar-refractivity contribution in [1.82, 2.24) is 0 Å². The second-order valence-electron chi connectivity index (χ2n) is 5.37. The zero-order valence-electron chi connectivity index (χ0n) is 12.8. The topological polar surface area (TPSA) is 23.5 Å². The van der Waals surface area contributed by atoms with E-state index in [4.69, 9.17) is 0 Å². The molecule has 3 rings (SSSR count). The number of nitrogens with zero attached hydrogens (tertiary/aromatic N) is 1. The fraction of sp³-hybridized carbons (Fsp3) is 0.263. The van der Waals surface area contributed by atoms with Crippen LogP contribution in [0.25, 0.3) is 0 Å². The summed E-state index contributed by atoms with van der Waals surface area (Å²) in [6, 6.07) is 18.1. The fourth-order valence-corrected chi connectivity index (χ4v) is 4.11. The molecule has 2 nitrogen and oxygen atoms in total. The van der Waals surface area contributed by atoms with Crippen molar-refractivity contribution in [3.05, 3.63) is 60.2 Å². The van der Waals surface area contributed by atoms with E-state index < -0.39 is 11.0 Å². The third-order valence-electron chi connectivity index (χ3n) is 3.99. The minimum absolute atomic E-state index is 0.522. The largest absolute Gasteiger partial charge is 0.389 e. The molecule has 2 aromatic carbocycles. The first kappa shape index (κ1) is 15.0. The molecule has 2 aromatic rings. The van der Waals surface area contributed by atoms with Crippen LogP contribution in [0.3, 0.4) is 0 Å². The van der Waals surface area contributed by atoms with Gasteiger partial charge in [0.1, 0.15) is 0 Å². The van der Waals surface area contributed by atoms with E-state index in [1.165, 1.54) is 4.90 Å². The van der Waals surface area contributed by atoms with E-state index in [-0.39, 0.29) is 0 Å². The van der Waals surface area contributed by atoms with Crippen molar-refractivity contribution in [1.29, 1.82) is 0 Å². The Balaban J connectivity index is 2.04. The van der Waals surface area contributed by atoms with E-state index in [1.807, 2.05) is 56.4 Å². The third-order valence-corrected chi connectivity index (χ3v) is 5.51. The number of thioether (sulfide) groups is 1. The van der Waals surface area contributed by atoms with Gasteiger partial charge in [0.25, 0.3) is 0 Å². The molecule has 1 N–H and O–H groups in total. The summed E-state index contributed by atoms with van der Waals surface area (Å²) in [6.07, 6.45) is 0.139. The SMILES string of the molecule is CCC(O)C1(C#Cc2ccccc2)Sc2ccccc2N1C. The number of benzene rings is 2. The van der Waals surface area contributed by atoms with Gasteiger partial charge >= 0.3 is 0 Å². The first-order valence-electron chi connectivity index (χ1n) is 7.45. The Morgan fingerprint density at radius 1 is 1.14 bits per heavy atom. The van der Waals surface area contributed by atoms with Gasteiger partial charge in [-0.1, -0.05) is 60.9 Å². The highest BCUT2D eigenvalue weighted by Gasteiger charge is 2.46. The van der Waals surface area contributed by atoms with Crippen LogP contribution in [0.2, 0.25) is 0 Å². The van der Waals surface area contributed by atoms with Gasteiger partial charge in [-0.25, -0.2) is 0 Å². The van der Waals surface area contributed by atoms with Crippen LogP contribution in [0.1, 0.15) is 18.9 Å². The van der Waals surface area contributed by atoms with Crippen LogP contribution in [0, 0.1) is 11.8 Å². The molecule has 0 radical (unpaired) electrons. The lowest BCUT2D eigenvalue weighted by molar-refractivity contribution is 0.146. The predicted octanol–water partition coefficient (Wildman–Crippen LogP) is 3.75. The van der Waals surface area contributed by atoms with E-state index in [9.17, 15) is 5.11 Å². The predicted molar refractivity (Wildman–Crippen MR) is 93.1 cm³/mol. The molecule has 0 aromatic heterocycles. The van der Waals surface area contributed by atoms with Gasteiger partial charge in [-0.05, 0) is 30.7 Å². The smallest absolute Gasteiger partial charge is 0.179 e. The highest BCUT2D eigenvalue weighted by Crippen LogP contribution is 2.51. The first-order valence-corrected chi connectivity index (χ1v) is 8.27. The summed E-state index contributed by atoms with van der Waals surface area (Å²) < 4.78 is 0. The maximum Gasteiger partial charge on any atom is 0.179 e. The number of fused-ring (bicyclic) bond motifs is 1. The lowest BCUT2D eigenvalue weighted by Gasteiger charge is -2.35. The zero-order chi connectivity index (χ0) is 15.6. The van der Waals surface area contributed by atoms with Crippen molar-refractivity contribution in [2.75, 3.05) is 11.9 Å². The first-order chi connectivity index (χ1) is 10.7. The minimum atomic E-state index is -0.631. The molecule has 22 heavy (non-hydrogen) atoms. The van der Waals surface area contributed by atoms with Crippen LogP contribution in [0.5, 0.6) is 0 Å². The van der Waals surface area contributed by atoms with Gasteiger partial charge in [-0.2, -0.15) is 0 Å². The summed E-state index contributed by atoms with van der Waals surface area (Å²) in [4.78, 5) is 2.64. The molecule has 0 saturated heterocycles. The molecule has 112 valence electrons. The summed E-state index contributed by atoms with van der Waals surface area (Å²) in [5, 5.41) is 10.7. The maximum atomic E-state index is 10.7. The average molecular weight is 309 g/mol. The van der Waals surface area contributed by atoms with Gasteiger partial charge in [0.2, 0.25) is 0 Å². The molecule has 1 aliphatic heterocycles. The van der Waals surface area contributed by atoms with E-state index in [2.05, 4.69) is 28.9 Å². The molecule has 1 heterocycles. The van der Waals surface area contributed by atoms with Crippen LogP contribution >= 0.6 is 11.8 Å². The normalized spacial score (nSPS) is 21.0. The molecular weight excluding hydrogens is 290 g/mol. The van der Waals surface area contributed by atoms with E-state index >= 15 is 0 Å². The van der Waals surface area contributed by atoms with Crippen LogP contribution in [-0.4, -0.2) is 23.1 Å². The lowest BCUT2D eigenvalue weighted by atomic mass is 10.1. The van der Waals surface area contributed by atoms with Crippen molar-refractivity contribution < 1.29 is 5.11 Å². The fourth-order valence-electron chi connectivity index (χ4n) is 2.68. The van der Waals surface area contributed by atoms with Crippen LogP contribution in [0.4, 0.5) is 5.69 Å². The molecule has 3 heteroatoms. The molecule has 0 spiro atoms. The Kier molecular flexibility index (Phi) is 4.15.